The third kappa shape index (κ3) is 7.56. The number of benzene rings is 3. The number of halogens is 1. The molecule has 1 atom stereocenters. The minimum absolute atomic E-state index is 0.0121. The molecule has 11 heteroatoms. The molecule has 1 unspecified atom stereocenters. The number of nitrogens with one attached hydrogen (secondary N) is 2. The number of hydrogen-bond donors (Lipinski definition) is 2. The van der Waals surface area contributed by atoms with E-state index in [0.29, 0.717) is 72.4 Å². The van der Waals surface area contributed by atoms with Gasteiger partial charge in [0, 0.05) is 11.6 Å². The normalized spacial score (nSPS) is 17.9. The quantitative estimate of drug-likeness (QED) is 0.491. The number of ether oxygens (including phenoxy) is 5. The van der Waals surface area contributed by atoms with Crippen LogP contribution in [-0.2, 0) is 14.3 Å². The molecule has 5 rings (SSSR count). The third-order valence-corrected chi connectivity index (χ3v) is 6.39. The summed E-state index contributed by atoms with van der Waals surface area (Å²) < 4.78 is 29.3. The molecule has 3 aromatic rings. The largest absolute Gasteiger partial charge is 0.487 e. The molecule has 0 fully saturated rings. The molecule has 2 N–H and O–H groups in total. The maximum Gasteiger partial charge on any atom is 0.238 e. The van der Waals surface area contributed by atoms with Gasteiger partial charge in [-0.05, 0) is 42.5 Å². The second-order valence-electron chi connectivity index (χ2n) is 9.21. The lowest BCUT2D eigenvalue weighted by molar-refractivity contribution is -0.124. The Kier molecular flexibility index (Phi) is 9.22. The van der Waals surface area contributed by atoms with E-state index in [1.165, 1.54) is 0 Å². The molecule has 0 bridgehead atoms. The maximum absolute atomic E-state index is 13.1. The molecule has 10 nitrogen and oxygen atoms in total. The predicted octanol–water partition coefficient (Wildman–Crippen LogP) is 3.74. The molecule has 40 heavy (non-hydrogen) atoms. The van der Waals surface area contributed by atoms with Crippen LogP contribution in [0.15, 0.2) is 66.7 Å². The van der Waals surface area contributed by atoms with Crippen LogP contribution >= 0.6 is 11.6 Å². The van der Waals surface area contributed by atoms with Crippen molar-refractivity contribution in [1.29, 1.82) is 0 Å². The summed E-state index contributed by atoms with van der Waals surface area (Å²) in [6.45, 7) is 1.82. The Labute approximate surface area is 237 Å². The van der Waals surface area contributed by atoms with Gasteiger partial charge in [-0.3, -0.25) is 14.5 Å². The van der Waals surface area contributed by atoms with Crippen LogP contribution in [0.3, 0.4) is 0 Å². The van der Waals surface area contributed by atoms with Gasteiger partial charge in [0.05, 0.1) is 38.5 Å². The van der Waals surface area contributed by atoms with Crippen LogP contribution in [0.5, 0.6) is 28.7 Å². The molecule has 3 aromatic carbocycles. The Morgan fingerprint density at radius 3 is 2.50 bits per heavy atom. The predicted molar refractivity (Wildman–Crippen MR) is 149 cm³/mol. The monoisotopic (exact) mass is 567 g/mol. The van der Waals surface area contributed by atoms with Crippen molar-refractivity contribution in [3.8, 4) is 28.7 Å². The fraction of sp³-hybridized carbons (Fsp3) is 0.310. The smallest absolute Gasteiger partial charge is 0.238 e. The lowest BCUT2D eigenvalue weighted by Crippen LogP contribution is -2.46. The summed E-state index contributed by atoms with van der Waals surface area (Å²) in [6.07, 6.45) is -0.321. The highest BCUT2D eigenvalue weighted by Gasteiger charge is 2.22. The summed E-state index contributed by atoms with van der Waals surface area (Å²) in [5.74, 6) is 2.18. The van der Waals surface area contributed by atoms with Crippen molar-refractivity contribution in [3.05, 3.63) is 71.8 Å². The van der Waals surface area contributed by atoms with E-state index >= 15 is 0 Å². The molecule has 0 aliphatic carbocycles. The standard InChI is InChI=1S/C29H30ClN3O7/c30-20-9-10-23-22(15-20)32-29(35)18-33(11-12-36-13-14-37-24-5-1-4-8-27(24)40-23)17-28(34)31-16-21-19-38-25-6-2-3-7-26(25)39-21/h1-10,15,21H,11-14,16-19H2,(H,31,34)(H,32,35). The van der Waals surface area contributed by atoms with E-state index in [-0.39, 0.29) is 37.6 Å². The zero-order valence-corrected chi connectivity index (χ0v) is 22.5. The van der Waals surface area contributed by atoms with Crippen molar-refractivity contribution in [2.45, 2.75) is 6.10 Å². The summed E-state index contributed by atoms with van der Waals surface area (Å²) in [5.41, 5.74) is 0.401. The van der Waals surface area contributed by atoms with Crippen LogP contribution in [0.4, 0.5) is 5.69 Å². The van der Waals surface area contributed by atoms with E-state index in [4.69, 9.17) is 35.3 Å². The Hall–Kier alpha value is -3.99. The van der Waals surface area contributed by atoms with E-state index in [2.05, 4.69) is 10.6 Å². The highest BCUT2D eigenvalue weighted by molar-refractivity contribution is 6.31. The minimum Gasteiger partial charge on any atom is -0.487 e. The topological polar surface area (TPSA) is 108 Å². The average molecular weight is 568 g/mol. The number of amides is 2. The average Bonchev–Trinajstić information content (AvgIpc) is 2.95. The van der Waals surface area contributed by atoms with Gasteiger partial charge < -0.3 is 34.3 Å². The number of carbonyl (C=O) groups is 2. The first-order chi connectivity index (χ1) is 19.5. The van der Waals surface area contributed by atoms with Crippen LogP contribution in [-0.4, -0.2) is 75.4 Å². The molecule has 0 saturated carbocycles. The molecule has 0 spiro atoms. The van der Waals surface area contributed by atoms with E-state index in [9.17, 15) is 9.59 Å². The van der Waals surface area contributed by atoms with Gasteiger partial charge in [-0.1, -0.05) is 35.9 Å². The minimum atomic E-state index is -0.333. The van der Waals surface area contributed by atoms with E-state index in [1.54, 1.807) is 35.2 Å². The van der Waals surface area contributed by atoms with E-state index in [1.807, 2.05) is 36.4 Å². The van der Waals surface area contributed by atoms with Crippen molar-refractivity contribution in [1.82, 2.24) is 10.2 Å². The molecular weight excluding hydrogens is 538 g/mol. The number of rotatable bonds is 4. The van der Waals surface area contributed by atoms with Gasteiger partial charge in [0.1, 0.15) is 19.3 Å². The van der Waals surface area contributed by atoms with E-state index < -0.39 is 0 Å². The molecule has 0 radical (unpaired) electrons. The fourth-order valence-electron chi connectivity index (χ4n) is 4.22. The van der Waals surface area contributed by atoms with Crippen LogP contribution in [0, 0.1) is 0 Å². The van der Waals surface area contributed by atoms with Crippen LogP contribution in [0.25, 0.3) is 0 Å². The van der Waals surface area contributed by atoms with Gasteiger partial charge in [0.15, 0.2) is 28.7 Å². The van der Waals surface area contributed by atoms with Gasteiger partial charge in [-0.2, -0.15) is 0 Å². The maximum atomic E-state index is 13.1. The lowest BCUT2D eigenvalue weighted by atomic mass is 10.2. The molecule has 0 aromatic heterocycles. The van der Waals surface area contributed by atoms with Crippen LogP contribution in [0.1, 0.15) is 0 Å². The van der Waals surface area contributed by atoms with Gasteiger partial charge >= 0.3 is 0 Å². The SMILES string of the molecule is O=C(CN1CCOCCOc2ccccc2Oc2ccc(Cl)cc2NC(=O)C1)NCC1COc2ccccc2O1. The lowest BCUT2D eigenvalue weighted by Gasteiger charge is -2.27. The summed E-state index contributed by atoms with van der Waals surface area (Å²) in [7, 11) is 0. The van der Waals surface area contributed by atoms with E-state index in [0.717, 1.165) is 0 Å². The summed E-state index contributed by atoms with van der Waals surface area (Å²) >= 11 is 6.21. The summed E-state index contributed by atoms with van der Waals surface area (Å²) in [4.78, 5) is 27.6. The first-order valence-corrected chi connectivity index (χ1v) is 13.4. The second-order valence-corrected chi connectivity index (χ2v) is 9.65. The third-order valence-electron chi connectivity index (χ3n) is 6.15. The number of carbonyl (C=O) groups excluding carboxylic acids is 2. The fourth-order valence-corrected chi connectivity index (χ4v) is 4.40. The Morgan fingerprint density at radius 1 is 0.925 bits per heavy atom. The van der Waals surface area contributed by atoms with Crippen LogP contribution < -0.4 is 29.6 Å². The van der Waals surface area contributed by atoms with Crippen LogP contribution in [0.2, 0.25) is 5.02 Å². The second kappa shape index (κ2) is 13.4. The van der Waals surface area contributed by atoms with Crippen molar-refractivity contribution < 1.29 is 33.3 Å². The Balaban J connectivity index is 1.22. The molecule has 0 saturated heterocycles. The molecule has 2 aliphatic rings. The van der Waals surface area contributed by atoms with Crippen molar-refractivity contribution in [3.63, 3.8) is 0 Å². The Morgan fingerprint density at radius 2 is 1.68 bits per heavy atom. The van der Waals surface area contributed by atoms with Gasteiger partial charge in [0.25, 0.3) is 0 Å². The highest BCUT2D eigenvalue weighted by atomic mass is 35.5. The van der Waals surface area contributed by atoms with Gasteiger partial charge in [-0.25, -0.2) is 0 Å². The Bertz CT molecular complexity index is 1340. The number of anilines is 1. The first kappa shape index (κ1) is 27.6. The first-order valence-electron chi connectivity index (χ1n) is 13.0. The zero-order chi connectivity index (χ0) is 27.7. The van der Waals surface area contributed by atoms with Crippen molar-refractivity contribution in [2.24, 2.45) is 0 Å². The van der Waals surface area contributed by atoms with Crippen molar-refractivity contribution >= 4 is 29.1 Å². The molecular formula is C29H30ClN3O7. The molecule has 210 valence electrons. The number of nitrogens with zero attached hydrogens (tertiary/aromatic N) is 1. The van der Waals surface area contributed by atoms with Gasteiger partial charge in [-0.15, -0.1) is 0 Å². The number of fused-ring (bicyclic) bond motifs is 3. The molecule has 2 aliphatic heterocycles. The number of para-hydroxylation sites is 4. The number of hydrogen-bond acceptors (Lipinski definition) is 8. The van der Waals surface area contributed by atoms with Gasteiger partial charge in [0.2, 0.25) is 11.8 Å². The van der Waals surface area contributed by atoms with Crippen molar-refractivity contribution in [2.75, 3.05) is 57.9 Å². The zero-order valence-electron chi connectivity index (χ0n) is 21.8. The summed E-state index contributed by atoms with van der Waals surface area (Å²) in [5, 5.41) is 6.17. The molecule has 2 heterocycles. The summed E-state index contributed by atoms with van der Waals surface area (Å²) in [6, 6.07) is 19.6. The molecule has 2 amide bonds. The highest BCUT2D eigenvalue weighted by Crippen LogP contribution is 2.36.